The number of allylic oxidation sites excluding steroid dienone is 2. The van der Waals surface area contributed by atoms with E-state index in [-0.39, 0.29) is 0 Å². The van der Waals surface area contributed by atoms with Gasteiger partial charge in [-0.25, -0.2) is 8.78 Å². The van der Waals surface area contributed by atoms with Gasteiger partial charge in [0.1, 0.15) is 11.6 Å². The monoisotopic (exact) mass is 336 g/mol. The van der Waals surface area contributed by atoms with Crippen molar-refractivity contribution in [3.8, 4) is 11.8 Å². The van der Waals surface area contributed by atoms with Gasteiger partial charge < -0.3 is 0 Å². The number of hydrogen-bond acceptors (Lipinski definition) is 0. The molecule has 0 radical (unpaired) electrons. The summed E-state index contributed by atoms with van der Waals surface area (Å²) in [5.74, 6) is 4.73. The Bertz CT molecular complexity index is 870. The second-order valence-electron chi connectivity index (χ2n) is 6.63. The molecule has 0 unspecified atom stereocenters. The van der Waals surface area contributed by atoms with Crippen LogP contribution in [0.3, 0.4) is 0 Å². The third kappa shape index (κ3) is 4.67. The Kier molecular flexibility index (Phi) is 5.59. The lowest BCUT2D eigenvalue weighted by Gasteiger charge is -2.20. The zero-order valence-corrected chi connectivity index (χ0v) is 15.1. The summed E-state index contributed by atoms with van der Waals surface area (Å²) in [6.45, 7) is 12.0. The fourth-order valence-corrected chi connectivity index (χ4v) is 2.52. The smallest absolute Gasteiger partial charge is 0.127 e. The van der Waals surface area contributed by atoms with Gasteiger partial charge in [-0.2, -0.15) is 0 Å². The summed E-state index contributed by atoms with van der Waals surface area (Å²) in [5.41, 5.74) is 4.29. The molecule has 2 aromatic rings. The van der Waals surface area contributed by atoms with E-state index in [0.29, 0.717) is 5.56 Å². The van der Waals surface area contributed by atoms with Crippen LogP contribution in [0.2, 0.25) is 0 Å². The van der Waals surface area contributed by atoms with Gasteiger partial charge >= 0.3 is 0 Å². The van der Waals surface area contributed by atoms with Crippen LogP contribution in [0.5, 0.6) is 0 Å². The van der Waals surface area contributed by atoms with E-state index in [1.54, 1.807) is 6.08 Å². The SMILES string of the molecule is C=C/C(=C\c1cccc(C)c1C)C(C)(C)C#Cc1cc(F)cc(F)c1. The Hall–Kier alpha value is -2.66. The van der Waals surface area contributed by atoms with Crippen LogP contribution in [0.25, 0.3) is 6.08 Å². The average Bonchev–Trinajstić information content (AvgIpc) is 2.53. The second-order valence-corrected chi connectivity index (χ2v) is 6.63. The molecule has 0 atom stereocenters. The van der Waals surface area contributed by atoms with E-state index in [1.807, 2.05) is 19.9 Å². The van der Waals surface area contributed by atoms with E-state index < -0.39 is 17.0 Å². The average molecular weight is 336 g/mol. The number of halogens is 2. The van der Waals surface area contributed by atoms with Crippen LogP contribution in [0, 0.1) is 42.7 Å². The van der Waals surface area contributed by atoms with Crippen LogP contribution >= 0.6 is 0 Å². The first-order valence-electron chi connectivity index (χ1n) is 8.13. The van der Waals surface area contributed by atoms with Crippen molar-refractivity contribution in [2.75, 3.05) is 0 Å². The van der Waals surface area contributed by atoms with Crippen LogP contribution in [-0.2, 0) is 0 Å². The highest BCUT2D eigenvalue weighted by Crippen LogP contribution is 2.29. The number of hydrogen-bond donors (Lipinski definition) is 0. The van der Waals surface area contributed by atoms with Crippen molar-refractivity contribution < 1.29 is 8.78 Å². The molecule has 0 N–H and O–H groups in total. The molecule has 0 nitrogen and oxygen atoms in total. The lowest BCUT2D eigenvalue weighted by molar-refractivity contribution is 0.582. The normalized spacial score (nSPS) is 11.7. The van der Waals surface area contributed by atoms with Gasteiger partial charge in [0.15, 0.2) is 0 Å². The topological polar surface area (TPSA) is 0 Å². The van der Waals surface area contributed by atoms with Gasteiger partial charge in [0, 0.05) is 11.6 Å². The molecule has 0 heterocycles. The predicted molar refractivity (Wildman–Crippen MR) is 101 cm³/mol. The summed E-state index contributed by atoms with van der Waals surface area (Å²) in [4.78, 5) is 0. The minimum atomic E-state index is -0.628. The number of benzene rings is 2. The third-order valence-electron chi connectivity index (χ3n) is 4.28. The molecule has 0 aromatic heterocycles. The van der Waals surface area contributed by atoms with Crippen molar-refractivity contribution in [2.45, 2.75) is 27.7 Å². The Labute approximate surface area is 148 Å². The van der Waals surface area contributed by atoms with Gasteiger partial charge in [-0.15, -0.1) is 0 Å². The zero-order chi connectivity index (χ0) is 18.6. The predicted octanol–water partition coefficient (Wildman–Crippen LogP) is 6.23. The Balaban J connectivity index is 2.42. The molecule has 25 heavy (non-hydrogen) atoms. The van der Waals surface area contributed by atoms with Crippen molar-refractivity contribution in [1.82, 2.24) is 0 Å². The Morgan fingerprint density at radius 2 is 1.72 bits per heavy atom. The van der Waals surface area contributed by atoms with Crippen molar-refractivity contribution in [3.05, 3.63) is 88.5 Å². The molecule has 0 amide bonds. The molecule has 0 aliphatic heterocycles. The molecule has 0 saturated carbocycles. The summed E-state index contributed by atoms with van der Waals surface area (Å²) in [6, 6.07) is 9.44. The molecular formula is C23H22F2. The maximum Gasteiger partial charge on any atom is 0.127 e. The largest absolute Gasteiger partial charge is 0.207 e. The molecular weight excluding hydrogens is 314 g/mol. The van der Waals surface area contributed by atoms with Crippen molar-refractivity contribution >= 4 is 6.08 Å². The fraction of sp³-hybridized carbons (Fsp3) is 0.217. The maximum absolute atomic E-state index is 13.3. The second kappa shape index (κ2) is 7.49. The first-order valence-corrected chi connectivity index (χ1v) is 8.13. The van der Waals surface area contributed by atoms with Gasteiger partial charge in [-0.1, -0.05) is 42.7 Å². The van der Waals surface area contributed by atoms with Crippen LogP contribution < -0.4 is 0 Å². The van der Waals surface area contributed by atoms with E-state index >= 15 is 0 Å². The summed E-state index contributed by atoms with van der Waals surface area (Å²) in [6.07, 6.45) is 3.85. The van der Waals surface area contributed by atoms with E-state index in [4.69, 9.17) is 0 Å². The highest BCUT2D eigenvalue weighted by atomic mass is 19.1. The van der Waals surface area contributed by atoms with Crippen LogP contribution in [0.4, 0.5) is 8.78 Å². The highest BCUT2D eigenvalue weighted by Gasteiger charge is 2.18. The van der Waals surface area contributed by atoms with Gasteiger partial charge in [-0.05, 0) is 68.2 Å². The molecule has 0 aliphatic carbocycles. The standard InChI is InChI=1S/C23H22F2/c1-6-20(14-19-9-7-8-16(2)17(19)3)23(4,5)11-10-18-12-21(24)15-22(25)13-18/h6-9,12-15H,1H2,2-5H3/b20-14+. The lowest BCUT2D eigenvalue weighted by Crippen LogP contribution is -2.10. The van der Waals surface area contributed by atoms with Gasteiger partial charge in [0.2, 0.25) is 0 Å². The van der Waals surface area contributed by atoms with Gasteiger partial charge in [0.25, 0.3) is 0 Å². The lowest BCUT2D eigenvalue weighted by atomic mass is 9.83. The minimum absolute atomic E-state index is 0.320. The minimum Gasteiger partial charge on any atom is -0.207 e. The molecule has 128 valence electrons. The molecule has 0 bridgehead atoms. The van der Waals surface area contributed by atoms with E-state index in [9.17, 15) is 8.78 Å². The van der Waals surface area contributed by atoms with Crippen molar-refractivity contribution in [1.29, 1.82) is 0 Å². The van der Waals surface area contributed by atoms with E-state index in [2.05, 4.69) is 50.5 Å². The number of rotatable bonds is 3. The van der Waals surface area contributed by atoms with Crippen LogP contribution in [0.15, 0.2) is 54.6 Å². The Morgan fingerprint density at radius 1 is 1.08 bits per heavy atom. The first-order chi connectivity index (χ1) is 11.7. The molecule has 0 spiro atoms. The molecule has 2 heteroatoms. The maximum atomic E-state index is 13.3. The highest BCUT2D eigenvalue weighted by molar-refractivity contribution is 5.62. The van der Waals surface area contributed by atoms with E-state index in [1.165, 1.54) is 23.3 Å². The Morgan fingerprint density at radius 3 is 2.32 bits per heavy atom. The quantitative estimate of drug-likeness (QED) is 0.460. The molecule has 0 fully saturated rings. The van der Waals surface area contributed by atoms with Crippen LogP contribution in [-0.4, -0.2) is 0 Å². The zero-order valence-electron chi connectivity index (χ0n) is 15.1. The fourth-order valence-electron chi connectivity index (χ4n) is 2.52. The molecule has 0 aliphatic rings. The molecule has 0 saturated heterocycles. The van der Waals surface area contributed by atoms with Gasteiger partial charge in [0.05, 0.1) is 5.41 Å². The van der Waals surface area contributed by atoms with Crippen LogP contribution in [0.1, 0.15) is 36.1 Å². The summed E-state index contributed by atoms with van der Waals surface area (Å²) < 4.78 is 26.6. The summed E-state index contributed by atoms with van der Waals surface area (Å²) >= 11 is 0. The van der Waals surface area contributed by atoms with Crippen molar-refractivity contribution in [2.24, 2.45) is 5.41 Å². The summed E-state index contributed by atoms with van der Waals surface area (Å²) in [5, 5.41) is 0. The molecule has 2 aromatic carbocycles. The summed E-state index contributed by atoms with van der Waals surface area (Å²) in [7, 11) is 0. The third-order valence-corrected chi connectivity index (χ3v) is 4.28. The molecule has 2 rings (SSSR count). The van der Waals surface area contributed by atoms with Crippen molar-refractivity contribution in [3.63, 3.8) is 0 Å². The van der Waals surface area contributed by atoms with E-state index in [0.717, 1.165) is 17.2 Å². The van der Waals surface area contributed by atoms with Gasteiger partial charge in [-0.3, -0.25) is 0 Å². The first kappa shape index (κ1) is 18.7. The number of aryl methyl sites for hydroxylation is 1.